The van der Waals surface area contributed by atoms with E-state index in [-0.39, 0.29) is 19.6 Å². The van der Waals surface area contributed by atoms with Crippen molar-refractivity contribution in [2.45, 2.75) is 21.4 Å². The molecular formula is C6H9Br3O. The van der Waals surface area contributed by atoms with E-state index >= 15 is 0 Å². The average molecular weight is 337 g/mol. The summed E-state index contributed by atoms with van der Waals surface area (Å²) in [6, 6.07) is 0. The van der Waals surface area contributed by atoms with Gasteiger partial charge in [-0.3, -0.25) is 0 Å². The maximum absolute atomic E-state index is 9.03. The van der Waals surface area contributed by atoms with Gasteiger partial charge in [0, 0.05) is 5.41 Å². The van der Waals surface area contributed by atoms with Crippen LogP contribution in [0.15, 0.2) is 0 Å². The van der Waals surface area contributed by atoms with Gasteiger partial charge in [0.1, 0.15) is 3.23 Å². The van der Waals surface area contributed by atoms with Crippen LogP contribution in [0, 0.1) is 5.41 Å². The van der Waals surface area contributed by atoms with E-state index in [1.807, 2.05) is 0 Å². The van der Waals surface area contributed by atoms with Crippen molar-refractivity contribution < 1.29 is 5.11 Å². The van der Waals surface area contributed by atoms with Crippen molar-refractivity contribution in [3.05, 3.63) is 0 Å². The van der Waals surface area contributed by atoms with Crippen LogP contribution in [0.2, 0.25) is 0 Å². The van der Waals surface area contributed by atoms with Crippen molar-refractivity contribution in [1.82, 2.24) is 0 Å². The van der Waals surface area contributed by atoms with Gasteiger partial charge < -0.3 is 5.11 Å². The maximum atomic E-state index is 9.03. The van der Waals surface area contributed by atoms with Crippen LogP contribution in [0.25, 0.3) is 0 Å². The van der Waals surface area contributed by atoms with Crippen LogP contribution in [0.4, 0.5) is 0 Å². The topological polar surface area (TPSA) is 20.2 Å². The highest BCUT2D eigenvalue weighted by atomic mass is 79.9. The van der Waals surface area contributed by atoms with Crippen LogP contribution >= 0.6 is 47.8 Å². The molecule has 1 aliphatic carbocycles. The smallest absolute Gasteiger partial charge is 0.105 e. The third-order valence-corrected chi connectivity index (χ3v) is 8.67. The fraction of sp³-hybridized carbons (Fsp3) is 1.00. The summed E-state index contributed by atoms with van der Waals surface area (Å²) in [4.78, 5) is 0. The second-order valence-corrected chi connectivity index (χ2v) is 7.96. The van der Waals surface area contributed by atoms with E-state index in [9.17, 15) is 0 Å². The van der Waals surface area contributed by atoms with Gasteiger partial charge >= 0.3 is 0 Å². The molecule has 1 fully saturated rings. The number of hydrogen-bond acceptors (Lipinski definition) is 1. The molecule has 0 radical (unpaired) electrons. The first-order valence-corrected chi connectivity index (χ1v) is 5.37. The lowest BCUT2D eigenvalue weighted by atomic mass is 10.1. The monoisotopic (exact) mass is 334 g/mol. The molecule has 0 amide bonds. The first-order chi connectivity index (χ1) is 4.31. The molecule has 1 saturated carbocycles. The first kappa shape index (κ1) is 9.49. The molecule has 1 N–H and O–H groups in total. The summed E-state index contributed by atoms with van der Waals surface area (Å²) in [7, 11) is 0. The Balaban J connectivity index is 2.90. The van der Waals surface area contributed by atoms with Crippen LogP contribution in [0.3, 0.4) is 0 Å². The Morgan fingerprint density at radius 2 is 1.50 bits per heavy atom. The average Bonchev–Trinajstić information content (AvgIpc) is 2.11. The molecule has 0 aromatic carbocycles. The van der Waals surface area contributed by atoms with E-state index in [4.69, 9.17) is 5.11 Å². The van der Waals surface area contributed by atoms with Crippen molar-refractivity contribution in [3.8, 4) is 0 Å². The van der Waals surface area contributed by atoms with Crippen LogP contribution in [-0.2, 0) is 0 Å². The van der Waals surface area contributed by atoms with Crippen LogP contribution in [0.1, 0.15) is 13.8 Å². The molecule has 0 saturated heterocycles. The Kier molecular flexibility index (Phi) is 2.10. The number of alkyl halides is 3. The minimum atomic E-state index is -0.215. The second-order valence-electron chi connectivity index (χ2n) is 3.16. The summed E-state index contributed by atoms with van der Waals surface area (Å²) in [5.41, 5.74) is 0.0503. The van der Waals surface area contributed by atoms with Gasteiger partial charge in [0.2, 0.25) is 0 Å². The summed E-state index contributed by atoms with van der Waals surface area (Å²) in [6.07, 6.45) is 0. The third kappa shape index (κ3) is 0.767. The second kappa shape index (κ2) is 2.21. The van der Waals surface area contributed by atoms with E-state index < -0.39 is 0 Å². The van der Waals surface area contributed by atoms with Gasteiger partial charge in [0.25, 0.3) is 0 Å². The minimum Gasteiger partial charge on any atom is -0.395 e. The van der Waals surface area contributed by atoms with Crippen molar-refractivity contribution in [2.24, 2.45) is 5.41 Å². The largest absolute Gasteiger partial charge is 0.395 e. The lowest BCUT2D eigenvalue weighted by Crippen LogP contribution is -2.14. The molecular weight excluding hydrogens is 328 g/mol. The molecule has 1 aliphatic rings. The van der Waals surface area contributed by atoms with Gasteiger partial charge in [0.15, 0.2) is 0 Å². The van der Waals surface area contributed by atoms with Gasteiger partial charge in [-0.05, 0) is 0 Å². The van der Waals surface area contributed by atoms with Gasteiger partial charge in [-0.15, -0.1) is 0 Å². The molecule has 0 aromatic rings. The molecule has 1 atom stereocenters. The Bertz CT molecular complexity index is 150. The molecule has 0 spiro atoms. The molecule has 0 aliphatic heterocycles. The summed E-state index contributed by atoms with van der Waals surface area (Å²) < 4.78 is -0.373. The highest BCUT2D eigenvalue weighted by molar-refractivity contribution is 9.26. The molecule has 1 unspecified atom stereocenters. The number of rotatable bonds is 1. The highest BCUT2D eigenvalue weighted by Crippen LogP contribution is 2.77. The number of halogens is 3. The lowest BCUT2D eigenvalue weighted by molar-refractivity contribution is 0.275. The molecule has 4 heteroatoms. The zero-order valence-corrected chi connectivity index (χ0v) is 10.5. The number of aliphatic hydroxyl groups excluding tert-OH is 1. The molecule has 60 valence electrons. The van der Waals surface area contributed by atoms with Gasteiger partial charge in [0.05, 0.1) is 10.9 Å². The van der Waals surface area contributed by atoms with Crippen molar-refractivity contribution in [2.75, 3.05) is 6.61 Å². The predicted octanol–water partition coefficient (Wildman–Crippen LogP) is 2.64. The van der Waals surface area contributed by atoms with Crippen LogP contribution < -0.4 is 0 Å². The molecule has 1 rings (SSSR count). The number of aliphatic hydroxyl groups is 1. The van der Waals surface area contributed by atoms with Crippen LogP contribution in [-0.4, -0.2) is 19.3 Å². The summed E-state index contributed by atoms with van der Waals surface area (Å²) in [6.45, 7) is 4.31. The highest BCUT2D eigenvalue weighted by Gasteiger charge is 2.79. The number of hydrogen-bond donors (Lipinski definition) is 1. The van der Waals surface area contributed by atoms with Gasteiger partial charge in [-0.25, -0.2) is 0 Å². The molecule has 10 heavy (non-hydrogen) atoms. The standard InChI is InChI=1S/C6H9Br3O/c1-4(2)5(7,3-10)6(4,8)9/h10H,3H2,1-2H3. The van der Waals surface area contributed by atoms with E-state index in [0.717, 1.165) is 0 Å². The van der Waals surface area contributed by atoms with E-state index in [1.165, 1.54) is 0 Å². The van der Waals surface area contributed by atoms with E-state index in [1.54, 1.807) is 0 Å². The van der Waals surface area contributed by atoms with Crippen molar-refractivity contribution in [1.29, 1.82) is 0 Å². The molecule has 1 nitrogen and oxygen atoms in total. The fourth-order valence-corrected chi connectivity index (χ4v) is 4.05. The van der Waals surface area contributed by atoms with E-state index in [2.05, 4.69) is 61.6 Å². The van der Waals surface area contributed by atoms with Gasteiger partial charge in [-0.1, -0.05) is 61.6 Å². The Morgan fingerprint density at radius 3 is 1.50 bits per heavy atom. The Hall–Kier alpha value is 1.40. The van der Waals surface area contributed by atoms with Gasteiger partial charge in [-0.2, -0.15) is 0 Å². The minimum absolute atomic E-state index is 0.0503. The molecule has 0 aromatic heterocycles. The maximum Gasteiger partial charge on any atom is 0.105 e. The summed E-state index contributed by atoms with van der Waals surface area (Å²) in [5, 5.41) is 9.03. The summed E-state index contributed by atoms with van der Waals surface area (Å²) >= 11 is 10.5. The molecule has 0 heterocycles. The quantitative estimate of drug-likeness (QED) is 0.730. The Morgan fingerprint density at radius 1 is 1.20 bits per heavy atom. The summed E-state index contributed by atoms with van der Waals surface area (Å²) in [5.74, 6) is 0. The Labute approximate surface area is 86.0 Å². The first-order valence-electron chi connectivity index (χ1n) is 2.99. The van der Waals surface area contributed by atoms with Crippen molar-refractivity contribution >= 4 is 47.8 Å². The zero-order valence-electron chi connectivity index (χ0n) is 5.79. The lowest BCUT2D eigenvalue weighted by Gasteiger charge is -2.05. The zero-order chi connectivity index (χ0) is 8.21. The van der Waals surface area contributed by atoms with E-state index in [0.29, 0.717) is 0 Å². The van der Waals surface area contributed by atoms with Crippen LogP contribution in [0.5, 0.6) is 0 Å². The third-order valence-electron chi connectivity index (χ3n) is 2.43. The predicted molar refractivity (Wildman–Crippen MR) is 53.1 cm³/mol. The fourth-order valence-electron chi connectivity index (χ4n) is 1.10. The van der Waals surface area contributed by atoms with Crippen molar-refractivity contribution in [3.63, 3.8) is 0 Å². The SMILES string of the molecule is CC1(C)C(Br)(Br)C1(Br)CO. The molecule has 0 bridgehead atoms. The normalized spacial score (nSPS) is 41.4.